The van der Waals surface area contributed by atoms with E-state index in [9.17, 15) is 13.6 Å². The van der Waals surface area contributed by atoms with Crippen LogP contribution in [0, 0.1) is 17.6 Å². The molecule has 1 aliphatic heterocycles. The fourth-order valence-electron chi connectivity index (χ4n) is 4.18. The molecule has 1 fully saturated rings. The minimum absolute atomic E-state index is 0.157. The molecule has 7 heteroatoms. The van der Waals surface area contributed by atoms with E-state index in [2.05, 4.69) is 20.4 Å². The lowest BCUT2D eigenvalue weighted by Crippen LogP contribution is -2.35. The van der Waals surface area contributed by atoms with Gasteiger partial charge in [-0.3, -0.25) is 14.8 Å². The number of nitrogens with zero attached hydrogens (tertiary/aromatic N) is 2. The molecule has 0 aliphatic carbocycles. The second kappa shape index (κ2) is 9.83. The second-order valence-corrected chi connectivity index (χ2v) is 8.09. The van der Waals surface area contributed by atoms with Crippen LogP contribution in [0.3, 0.4) is 0 Å². The van der Waals surface area contributed by atoms with Crippen molar-refractivity contribution < 1.29 is 13.6 Å². The molecule has 31 heavy (non-hydrogen) atoms. The Morgan fingerprint density at radius 2 is 1.97 bits per heavy atom. The van der Waals surface area contributed by atoms with E-state index in [0.717, 1.165) is 55.7 Å². The van der Waals surface area contributed by atoms with Crippen molar-refractivity contribution in [1.29, 1.82) is 0 Å². The summed E-state index contributed by atoms with van der Waals surface area (Å²) in [5, 5.41) is 9.87. The normalized spacial score (nSPS) is 16.9. The van der Waals surface area contributed by atoms with Gasteiger partial charge in [0.2, 0.25) is 5.91 Å². The van der Waals surface area contributed by atoms with Gasteiger partial charge in [0.25, 0.3) is 0 Å². The summed E-state index contributed by atoms with van der Waals surface area (Å²) in [7, 11) is 0. The molecule has 2 aromatic carbocycles. The van der Waals surface area contributed by atoms with Crippen molar-refractivity contribution in [3.63, 3.8) is 0 Å². The van der Waals surface area contributed by atoms with Gasteiger partial charge in [-0.25, -0.2) is 8.78 Å². The molecule has 3 aromatic rings. The summed E-state index contributed by atoms with van der Waals surface area (Å²) in [5.41, 5.74) is 3.12. The maximum absolute atomic E-state index is 13.7. The van der Waals surface area contributed by atoms with Gasteiger partial charge >= 0.3 is 0 Å². The molecule has 0 radical (unpaired) electrons. The van der Waals surface area contributed by atoms with Crippen LogP contribution in [0.2, 0.25) is 0 Å². The topological polar surface area (TPSA) is 61.0 Å². The first-order chi connectivity index (χ1) is 15.1. The van der Waals surface area contributed by atoms with Crippen LogP contribution in [0.25, 0.3) is 11.3 Å². The van der Waals surface area contributed by atoms with Gasteiger partial charge in [-0.05, 0) is 68.1 Å². The van der Waals surface area contributed by atoms with Crippen LogP contribution in [0.5, 0.6) is 0 Å². The van der Waals surface area contributed by atoms with Crippen LogP contribution in [0.1, 0.15) is 31.2 Å². The number of aromatic amines is 1. The molecule has 5 nitrogen and oxygen atoms in total. The SMILES string of the molecule is O=C(CC[C@H]1CCCN(Cc2cn[nH]c2-c2ccc(F)cc2)C1)Nc1ccccc1F. The van der Waals surface area contributed by atoms with Crippen LogP contribution in [-0.2, 0) is 11.3 Å². The number of carbonyl (C=O) groups is 1. The number of amides is 1. The number of hydrogen-bond acceptors (Lipinski definition) is 3. The zero-order valence-electron chi connectivity index (χ0n) is 17.3. The van der Waals surface area contributed by atoms with Crippen LogP contribution in [0.4, 0.5) is 14.5 Å². The summed E-state index contributed by atoms with van der Waals surface area (Å²) >= 11 is 0. The largest absolute Gasteiger partial charge is 0.324 e. The molecule has 0 unspecified atom stereocenters. The molecule has 162 valence electrons. The lowest BCUT2D eigenvalue weighted by atomic mass is 9.93. The highest BCUT2D eigenvalue weighted by Gasteiger charge is 2.22. The fourth-order valence-corrected chi connectivity index (χ4v) is 4.18. The Morgan fingerprint density at radius 1 is 1.16 bits per heavy atom. The Labute approximate surface area is 180 Å². The van der Waals surface area contributed by atoms with Crippen molar-refractivity contribution in [2.75, 3.05) is 18.4 Å². The molecule has 0 saturated carbocycles. The Hall–Kier alpha value is -3.06. The van der Waals surface area contributed by atoms with Gasteiger partial charge in [-0.15, -0.1) is 0 Å². The van der Waals surface area contributed by atoms with Crippen LogP contribution in [0.15, 0.2) is 54.7 Å². The number of aromatic nitrogens is 2. The first-order valence-electron chi connectivity index (χ1n) is 10.6. The summed E-state index contributed by atoms with van der Waals surface area (Å²) in [4.78, 5) is 14.6. The molecular formula is C24H26F2N4O. The van der Waals surface area contributed by atoms with Gasteiger partial charge in [0.15, 0.2) is 0 Å². The van der Waals surface area contributed by atoms with Gasteiger partial charge in [0.05, 0.1) is 17.6 Å². The lowest BCUT2D eigenvalue weighted by Gasteiger charge is -2.32. The van der Waals surface area contributed by atoms with Crippen molar-refractivity contribution in [2.24, 2.45) is 5.92 Å². The molecule has 1 aliphatic rings. The third kappa shape index (κ3) is 5.55. The number of benzene rings is 2. The first kappa shape index (κ1) is 21.2. The van der Waals surface area contributed by atoms with Crippen molar-refractivity contribution in [3.05, 3.63) is 71.9 Å². The Morgan fingerprint density at radius 3 is 2.77 bits per heavy atom. The van der Waals surface area contributed by atoms with E-state index < -0.39 is 5.82 Å². The minimum Gasteiger partial charge on any atom is -0.324 e. The maximum atomic E-state index is 13.7. The molecule has 2 heterocycles. The highest BCUT2D eigenvalue weighted by Crippen LogP contribution is 2.26. The molecule has 2 N–H and O–H groups in total. The smallest absolute Gasteiger partial charge is 0.224 e. The zero-order chi connectivity index (χ0) is 21.6. The average Bonchev–Trinajstić information content (AvgIpc) is 3.23. The predicted molar refractivity (Wildman–Crippen MR) is 116 cm³/mol. The number of piperidine rings is 1. The molecule has 4 rings (SSSR count). The average molecular weight is 424 g/mol. The highest BCUT2D eigenvalue weighted by molar-refractivity contribution is 5.90. The minimum atomic E-state index is -0.420. The second-order valence-electron chi connectivity index (χ2n) is 8.09. The van der Waals surface area contributed by atoms with Crippen molar-refractivity contribution in [1.82, 2.24) is 15.1 Å². The zero-order valence-corrected chi connectivity index (χ0v) is 17.3. The maximum Gasteiger partial charge on any atom is 0.224 e. The van der Waals surface area contributed by atoms with Gasteiger partial charge in [0.1, 0.15) is 11.6 Å². The third-order valence-electron chi connectivity index (χ3n) is 5.78. The van der Waals surface area contributed by atoms with Crippen molar-refractivity contribution >= 4 is 11.6 Å². The molecule has 0 bridgehead atoms. The van der Waals surface area contributed by atoms with E-state index in [1.165, 1.54) is 18.2 Å². The van der Waals surface area contributed by atoms with Crippen LogP contribution >= 0.6 is 0 Å². The molecular weight excluding hydrogens is 398 g/mol. The van der Waals surface area contributed by atoms with E-state index in [0.29, 0.717) is 12.3 Å². The summed E-state index contributed by atoms with van der Waals surface area (Å²) < 4.78 is 26.9. The number of hydrogen-bond donors (Lipinski definition) is 2. The van der Waals surface area contributed by atoms with Crippen molar-refractivity contribution in [2.45, 2.75) is 32.2 Å². The number of nitrogens with one attached hydrogen (secondary N) is 2. The fraction of sp³-hybridized carbons (Fsp3) is 0.333. The van der Waals surface area contributed by atoms with Crippen molar-refractivity contribution in [3.8, 4) is 11.3 Å². The van der Waals surface area contributed by atoms with Gasteiger partial charge in [-0.2, -0.15) is 5.10 Å². The molecule has 1 atom stereocenters. The number of para-hydroxylation sites is 1. The van der Waals surface area contributed by atoms with Crippen LogP contribution in [-0.4, -0.2) is 34.1 Å². The quantitative estimate of drug-likeness (QED) is 0.562. The monoisotopic (exact) mass is 424 g/mol. The highest BCUT2D eigenvalue weighted by atomic mass is 19.1. The molecule has 1 aromatic heterocycles. The van der Waals surface area contributed by atoms with E-state index in [-0.39, 0.29) is 17.4 Å². The van der Waals surface area contributed by atoms with Gasteiger partial charge < -0.3 is 5.32 Å². The third-order valence-corrected chi connectivity index (χ3v) is 5.78. The summed E-state index contributed by atoms with van der Waals surface area (Å²) in [5.74, 6) is -0.420. The molecule has 1 saturated heterocycles. The van der Waals surface area contributed by atoms with E-state index in [4.69, 9.17) is 0 Å². The molecule has 1 amide bonds. The number of likely N-dealkylation sites (tertiary alicyclic amines) is 1. The summed E-state index contributed by atoms with van der Waals surface area (Å²) in [6, 6.07) is 12.6. The Bertz CT molecular complexity index is 1020. The predicted octanol–water partition coefficient (Wildman–Crippen LogP) is 4.99. The number of H-pyrrole nitrogens is 1. The number of halogens is 2. The number of carbonyl (C=O) groups excluding carboxylic acids is 1. The Balaban J connectivity index is 1.30. The number of rotatable bonds is 7. The Kier molecular flexibility index (Phi) is 6.72. The van der Waals surface area contributed by atoms with Crippen LogP contribution < -0.4 is 5.32 Å². The van der Waals surface area contributed by atoms with E-state index >= 15 is 0 Å². The first-order valence-corrected chi connectivity index (χ1v) is 10.6. The van der Waals surface area contributed by atoms with Gasteiger partial charge in [0, 0.05) is 30.6 Å². The lowest BCUT2D eigenvalue weighted by molar-refractivity contribution is -0.116. The van der Waals surface area contributed by atoms with E-state index in [1.807, 2.05) is 6.20 Å². The standard InChI is InChI=1S/C24H26F2N4O/c25-20-10-8-18(9-11-20)24-19(14-27-29-24)16-30-13-3-4-17(15-30)7-12-23(31)28-22-6-2-1-5-21(22)26/h1-2,5-6,8-11,14,17H,3-4,7,12-13,15-16H2,(H,27,29)(H,28,31)/t17-/m1/s1. The summed E-state index contributed by atoms with van der Waals surface area (Å²) in [6.45, 7) is 2.65. The number of anilines is 1. The van der Waals surface area contributed by atoms with Gasteiger partial charge in [-0.1, -0.05) is 12.1 Å². The summed E-state index contributed by atoms with van der Waals surface area (Å²) in [6.07, 6.45) is 5.12. The van der Waals surface area contributed by atoms with E-state index in [1.54, 1.807) is 30.3 Å². The molecule has 0 spiro atoms.